The molecule has 1 heterocycles. The number of benzene rings is 2. The molecule has 1 fully saturated rings. The summed E-state index contributed by atoms with van der Waals surface area (Å²) in [5, 5.41) is 1.13. The third kappa shape index (κ3) is 2.63. The zero-order valence-electron chi connectivity index (χ0n) is 11.9. The van der Waals surface area contributed by atoms with Crippen LogP contribution in [0.15, 0.2) is 60.3 Å². The van der Waals surface area contributed by atoms with Crippen LogP contribution in [0.25, 0.3) is 6.08 Å². The summed E-state index contributed by atoms with van der Waals surface area (Å²) in [5.74, 6) is -0.131. The highest BCUT2D eigenvalue weighted by molar-refractivity contribution is 7.80. The Morgan fingerprint density at radius 1 is 1.05 bits per heavy atom. The smallest absolute Gasteiger partial charge is 0.281 e. The molecule has 1 aliphatic heterocycles. The Morgan fingerprint density at radius 3 is 2.32 bits per heavy atom. The van der Waals surface area contributed by atoms with E-state index in [1.165, 1.54) is 4.90 Å². The Hall–Kier alpha value is -2.17. The van der Waals surface area contributed by atoms with Gasteiger partial charge in [0.1, 0.15) is 5.70 Å². The number of nitrogens with zero attached hydrogens (tertiary/aromatic N) is 2. The molecule has 0 spiro atoms. The number of likely N-dealkylation sites (N-methyl/N-ethyl adjacent to an activating group) is 1. The molecule has 22 heavy (non-hydrogen) atoms. The Kier molecular flexibility index (Phi) is 3.96. The minimum Gasteiger partial charge on any atom is -0.317 e. The number of carbonyl (C=O) groups excluding carboxylic acids is 1. The van der Waals surface area contributed by atoms with Crippen molar-refractivity contribution in [1.29, 1.82) is 0 Å². The van der Waals surface area contributed by atoms with Gasteiger partial charge < -0.3 is 4.90 Å². The van der Waals surface area contributed by atoms with Gasteiger partial charge in [-0.25, -0.2) is 0 Å². The van der Waals surface area contributed by atoms with Gasteiger partial charge in [-0.1, -0.05) is 41.9 Å². The normalized spacial score (nSPS) is 16.7. The Balaban J connectivity index is 1.99. The van der Waals surface area contributed by atoms with Crippen LogP contribution in [0.2, 0.25) is 5.02 Å². The number of hydrogen-bond donors (Lipinski definition) is 0. The number of rotatable bonds is 2. The molecule has 110 valence electrons. The average Bonchev–Trinajstić information content (AvgIpc) is 2.74. The van der Waals surface area contributed by atoms with Gasteiger partial charge in [0.15, 0.2) is 5.11 Å². The van der Waals surface area contributed by atoms with Crippen LogP contribution < -0.4 is 4.90 Å². The van der Waals surface area contributed by atoms with E-state index in [0.717, 1.165) is 11.3 Å². The lowest BCUT2D eigenvalue weighted by atomic mass is 10.2. The van der Waals surface area contributed by atoms with E-state index < -0.39 is 0 Å². The van der Waals surface area contributed by atoms with Gasteiger partial charge in [0, 0.05) is 12.1 Å². The molecule has 0 atom stereocenters. The first-order valence-corrected chi connectivity index (χ1v) is 7.51. The fourth-order valence-electron chi connectivity index (χ4n) is 2.28. The van der Waals surface area contributed by atoms with Crippen LogP contribution in [0.5, 0.6) is 0 Å². The van der Waals surface area contributed by atoms with Crippen molar-refractivity contribution in [2.75, 3.05) is 11.9 Å². The van der Waals surface area contributed by atoms with Crippen LogP contribution in [-0.4, -0.2) is 23.0 Å². The second-order valence-corrected chi connectivity index (χ2v) is 5.70. The lowest BCUT2D eigenvalue weighted by molar-refractivity contribution is -0.114. The number of thiocarbonyl (C=S) groups is 1. The van der Waals surface area contributed by atoms with Crippen LogP contribution in [0.4, 0.5) is 5.69 Å². The summed E-state index contributed by atoms with van der Waals surface area (Å²) in [6.07, 6.45) is 1.81. The van der Waals surface area contributed by atoms with Crippen LogP contribution in [-0.2, 0) is 4.79 Å². The maximum Gasteiger partial charge on any atom is 0.281 e. The van der Waals surface area contributed by atoms with E-state index in [1.807, 2.05) is 48.5 Å². The lowest BCUT2D eigenvalue weighted by Gasteiger charge is -2.16. The summed E-state index contributed by atoms with van der Waals surface area (Å²) >= 11 is 11.3. The zero-order valence-corrected chi connectivity index (χ0v) is 13.4. The van der Waals surface area contributed by atoms with E-state index in [-0.39, 0.29) is 5.91 Å². The molecule has 1 amide bonds. The van der Waals surface area contributed by atoms with Crippen molar-refractivity contribution in [2.24, 2.45) is 0 Å². The van der Waals surface area contributed by atoms with E-state index in [1.54, 1.807) is 24.1 Å². The number of carbonyl (C=O) groups is 1. The Labute approximate surface area is 139 Å². The SMILES string of the molecule is CN1C(=S)N(c2ccccc2)C(=O)C1=Cc1ccc(Cl)cc1. The Bertz CT molecular complexity index is 756. The molecule has 0 unspecified atom stereocenters. The molecule has 1 saturated heterocycles. The van der Waals surface area contributed by atoms with Crippen molar-refractivity contribution >= 4 is 46.6 Å². The Morgan fingerprint density at radius 2 is 1.68 bits per heavy atom. The maximum absolute atomic E-state index is 12.7. The van der Waals surface area contributed by atoms with Crippen LogP contribution in [0, 0.1) is 0 Å². The molecule has 5 heteroatoms. The molecule has 0 N–H and O–H groups in total. The summed E-state index contributed by atoms with van der Waals surface area (Å²) < 4.78 is 0. The van der Waals surface area contributed by atoms with Crippen molar-refractivity contribution in [2.45, 2.75) is 0 Å². The number of anilines is 1. The highest BCUT2D eigenvalue weighted by atomic mass is 35.5. The van der Waals surface area contributed by atoms with Gasteiger partial charge in [0.2, 0.25) is 0 Å². The first-order chi connectivity index (χ1) is 10.6. The average molecular weight is 329 g/mol. The summed E-state index contributed by atoms with van der Waals surface area (Å²) in [6.45, 7) is 0. The number of para-hydroxylation sites is 1. The van der Waals surface area contributed by atoms with Crippen molar-refractivity contribution in [1.82, 2.24) is 4.90 Å². The third-order valence-electron chi connectivity index (χ3n) is 3.45. The topological polar surface area (TPSA) is 23.6 Å². The standard InChI is InChI=1S/C17H13ClN2OS/c1-19-15(11-12-7-9-13(18)10-8-12)16(21)20(17(19)22)14-5-3-2-4-6-14/h2-11H,1H3. The van der Waals surface area contributed by atoms with Crippen molar-refractivity contribution in [3.05, 3.63) is 70.9 Å². The van der Waals surface area contributed by atoms with Gasteiger partial charge in [0.25, 0.3) is 5.91 Å². The number of amides is 1. The van der Waals surface area contributed by atoms with Gasteiger partial charge in [-0.15, -0.1) is 0 Å². The highest BCUT2D eigenvalue weighted by Crippen LogP contribution is 2.27. The van der Waals surface area contributed by atoms with Gasteiger partial charge in [-0.05, 0) is 48.1 Å². The molecule has 2 aromatic rings. The van der Waals surface area contributed by atoms with Crippen LogP contribution >= 0.6 is 23.8 Å². The van der Waals surface area contributed by atoms with Gasteiger partial charge in [-0.3, -0.25) is 9.69 Å². The predicted molar refractivity (Wildman–Crippen MR) is 93.7 cm³/mol. The third-order valence-corrected chi connectivity index (χ3v) is 4.16. The maximum atomic E-state index is 12.7. The zero-order chi connectivity index (χ0) is 15.7. The molecule has 0 aromatic heterocycles. The van der Waals surface area contributed by atoms with E-state index >= 15 is 0 Å². The lowest BCUT2D eigenvalue weighted by Crippen LogP contribution is -2.30. The van der Waals surface area contributed by atoms with E-state index in [0.29, 0.717) is 15.8 Å². The highest BCUT2D eigenvalue weighted by Gasteiger charge is 2.36. The fraction of sp³-hybridized carbons (Fsp3) is 0.0588. The number of halogens is 1. The molecule has 3 rings (SSSR count). The molecule has 1 aliphatic rings. The second kappa shape index (κ2) is 5.91. The fourth-order valence-corrected chi connectivity index (χ4v) is 2.69. The quantitative estimate of drug-likeness (QED) is 0.616. The first-order valence-electron chi connectivity index (χ1n) is 6.72. The van der Waals surface area contributed by atoms with E-state index in [2.05, 4.69) is 0 Å². The van der Waals surface area contributed by atoms with Crippen molar-refractivity contribution < 1.29 is 4.79 Å². The summed E-state index contributed by atoms with van der Waals surface area (Å²) in [5.41, 5.74) is 2.21. The minimum atomic E-state index is -0.131. The van der Waals surface area contributed by atoms with Gasteiger partial charge >= 0.3 is 0 Å². The van der Waals surface area contributed by atoms with Gasteiger partial charge in [0.05, 0.1) is 5.69 Å². The molecule has 0 bridgehead atoms. The largest absolute Gasteiger partial charge is 0.317 e. The van der Waals surface area contributed by atoms with E-state index in [4.69, 9.17) is 23.8 Å². The summed E-state index contributed by atoms with van der Waals surface area (Å²) in [6, 6.07) is 16.7. The molecule has 0 radical (unpaired) electrons. The molecular formula is C17H13ClN2OS. The summed E-state index contributed by atoms with van der Waals surface area (Å²) in [7, 11) is 1.80. The molecular weight excluding hydrogens is 316 g/mol. The molecule has 0 aliphatic carbocycles. The first kappa shape index (κ1) is 14.8. The number of hydrogen-bond acceptors (Lipinski definition) is 2. The van der Waals surface area contributed by atoms with E-state index in [9.17, 15) is 4.79 Å². The van der Waals surface area contributed by atoms with Crippen LogP contribution in [0.1, 0.15) is 5.56 Å². The second-order valence-electron chi connectivity index (χ2n) is 4.90. The van der Waals surface area contributed by atoms with Crippen molar-refractivity contribution in [3.8, 4) is 0 Å². The minimum absolute atomic E-state index is 0.131. The van der Waals surface area contributed by atoms with Crippen LogP contribution in [0.3, 0.4) is 0 Å². The van der Waals surface area contributed by atoms with Crippen molar-refractivity contribution in [3.63, 3.8) is 0 Å². The molecule has 0 saturated carbocycles. The summed E-state index contributed by atoms with van der Waals surface area (Å²) in [4.78, 5) is 16.0. The van der Waals surface area contributed by atoms with Gasteiger partial charge in [-0.2, -0.15) is 0 Å². The molecule has 3 nitrogen and oxygen atoms in total. The molecule has 2 aromatic carbocycles. The monoisotopic (exact) mass is 328 g/mol. The predicted octanol–water partition coefficient (Wildman–Crippen LogP) is 3.94.